The van der Waals surface area contributed by atoms with E-state index in [0.717, 1.165) is 37.5 Å². The fourth-order valence-corrected chi connectivity index (χ4v) is 7.60. The molecule has 0 aromatic carbocycles. The number of carbonyl (C=O) groups excluding carboxylic acids is 1. The largest absolute Gasteiger partial charge is 0.463 e. The lowest BCUT2D eigenvalue weighted by atomic mass is 9.44. The summed E-state index contributed by atoms with van der Waals surface area (Å²) in [6.45, 7) is 6.46. The van der Waals surface area contributed by atoms with Gasteiger partial charge in [-0.25, -0.2) is 0 Å². The first-order valence-electron chi connectivity index (χ1n) is 10.2. The molecule has 0 aromatic rings. The molecule has 1 N–H and O–H groups in total. The highest BCUT2D eigenvalue weighted by Crippen LogP contribution is 2.66. The highest BCUT2D eigenvalue weighted by atomic mass is 16.5. The van der Waals surface area contributed by atoms with Gasteiger partial charge in [-0.15, -0.1) is 0 Å². The highest BCUT2D eigenvalue weighted by Gasteiger charge is 2.60. The fraction of sp³-hybridized carbons (Fsp3) is 0.952. The maximum atomic E-state index is 11.3. The molecule has 0 saturated heterocycles. The number of ether oxygens (including phenoxy) is 1. The summed E-state index contributed by atoms with van der Waals surface area (Å²) < 4.78 is 5.50. The van der Waals surface area contributed by atoms with Crippen LogP contribution in [0.15, 0.2) is 0 Å². The number of aliphatic hydroxyl groups excluding tert-OH is 1. The Bertz CT molecular complexity index is 517. The average molecular weight is 335 g/mol. The maximum absolute atomic E-state index is 11.3. The second-order valence-corrected chi connectivity index (χ2v) is 9.88. The molecule has 8 atom stereocenters. The Kier molecular flexibility index (Phi) is 4.02. The molecule has 136 valence electrons. The van der Waals surface area contributed by atoms with E-state index in [-0.39, 0.29) is 23.6 Å². The lowest BCUT2D eigenvalue weighted by Gasteiger charge is -2.61. The predicted molar refractivity (Wildman–Crippen MR) is 93.3 cm³/mol. The zero-order valence-corrected chi connectivity index (χ0v) is 15.6. The number of fused-ring (bicyclic) bond motifs is 5. The van der Waals surface area contributed by atoms with Crippen molar-refractivity contribution in [1.82, 2.24) is 0 Å². The summed E-state index contributed by atoms with van der Waals surface area (Å²) in [5.41, 5.74) is 0.780. The van der Waals surface area contributed by atoms with Crippen molar-refractivity contribution in [3.63, 3.8) is 0 Å². The Morgan fingerprint density at radius 1 is 1.00 bits per heavy atom. The van der Waals surface area contributed by atoms with Gasteiger partial charge in [0.1, 0.15) is 6.10 Å². The van der Waals surface area contributed by atoms with Crippen LogP contribution in [0.5, 0.6) is 0 Å². The van der Waals surface area contributed by atoms with Gasteiger partial charge in [0.05, 0.1) is 6.10 Å². The molecule has 4 aliphatic rings. The molecule has 0 radical (unpaired) electrons. The summed E-state index contributed by atoms with van der Waals surface area (Å²) in [6, 6.07) is 0. The predicted octanol–water partition coefficient (Wildman–Crippen LogP) is 4.32. The summed E-state index contributed by atoms with van der Waals surface area (Å²) >= 11 is 0. The van der Waals surface area contributed by atoms with Gasteiger partial charge < -0.3 is 9.84 Å². The van der Waals surface area contributed by atoms with Gasteiger partial charge >= 0.3 is 5.97 Å². The van der Waals surface area contributed by atoms with E-state index in [2.05, 4.69) is 13.8 Å². The van der Waals surface area contributed by atoms with E-state index in [0.29, 0.717) is 17.3 Å². The molecule has 0 amide bonds. The first-order chi connectivity index (χ1) is 11.3. The molecular weight excluding hydrogens is 300 g/mol. The number of esters is 1. The molecule has 4 aliphatic carbocycles. The smallest absolute Gasteiger partial charge is 0.302 e. The van der Waals surface area contributed by atoms with E-state index in [4.69, 9.17) is 4.74 Å². The van der Waals surface area contributed by atoms with Crippen molar-refractivity contribution in [3.8, 4) is 0 Å². The third-order valence-corrected chi connectivity index (χ3v) is 8.74. The Balaban J connectivity index is 1.58. The summed E-state index contributed by atoms with van der Waals surface area (Å²) in [6.07, 6.45) is 10.6. The van der Waals surface area contributed by atoms with Crippen molar-refractivity contribution in [2.45, 2.75) is 90.8 Å². The minimum absolute atomic E-state index is 0.0205. The van der Waals surface area contributed by atoms with Crippen LogP contribution in [0.3, 0.4) is 0 Å². The third-order valence-electron chi connectivity index (χ3n) is 8.74. The van der Waals surface area contributed by atoms with Crippen LogP contribution in [0.4, 0.5) is 0 Å². The molecule has 0 aromatic heterocycles. The van der Waals surface area contributed by atoms with Gasteiger partial charge in [-0.3, -0.25) is 4.79 Å². The van der Waals surface area contributed by atoms with Crippen molar-refractivity contribution in [2.24, 2.45) is 34.5 Å². The molecule has 3 nitrogen and oxygen atoms in total. The second-order valence-electron chi connectivity index (χ2n) is 9.88. The highest BCUT2D eigenvalue weighted by molar-refractivity contribution is 5.66. The lowest BCUT2D eigenvalue weighted by Crippen LogP contribution is -2.58. The normalized spacial score (nSPS) is 53.7. The van der Waals surface area contributed by atoms with E-state index in [1.807, 2.05) is 0 Å². The zero-order valence-electron chi connectivity index (χ0n) is 15.6. The number of hydrogen-bond acceptors (Lipinski definition) is 3. The number of hydrogen-bond donors (Lipinski definition) is 1. The van der Waals surface area contributed by atoms with E-state index in [9.17, 15) is 9.90 Å². The van der Waals surface area contributed by atoms with Crippen LogP contribution in [0.2, 0.25) is 0 Å². The van der Waals surface area contributed by atoms with Gasteiger partial charge in [0.2, 0.25) is 0 Å². The molecule has 4 saturated carbocycles. The maximum Gasteiger partial charge on any atom is 0.302 e. The molecule has 0 bridgehead atoms. The molecule has 0 spiro atoms. The Hall–Kier alpha value is -0.570. The minimum Gasteiger partial charge on any atom is -0.463 e. The Morgan fingerprint density at radius 2 is 1.79 bits per heavy atom. The van der Waals surface area contributed by atoms with Crippen LogP contribution in [0.25, 0.3) is 0 Å². The molecule has 24 heavy (non-hydrogen) atoms. The summed E-state index contributed by atoms with van der Waals surface area (Å²) in [5.74, 6) is 2.44. The average Bonchev–Trinajstić information content (AvgIpc) is 2.90. The summed E-state index contributed by atoms with van der Waals surface area (Å²) in [4.78, 5) is 11.3. The standard InChI is InChI=1S/C21H34O3/c1-13(22)24-14-6-10-21(3)17-7-9-20(2)8-4-5-16(20)15(17)12-19(23)18(21)11-14/h14-19,23H,4-12H2,1-3H3/t14?,15?,16?,17?,18-,19+,20?,21?/m1/s1. The van der Waals surface area contributed by atoms with Crippen molar-refractivity contribution in [3.05, 3.63) is 0 Å². The fourth-order valence-electron chi connectivity index (χ4n) is 7.60. The number of rotatable bonds is 1. The quantitative estimate of drug-likeness (QED) is 0.726. The van der Waals surface area contributed by atoms with Gasteiger partial charge in [0, 0.05) is 6.92 Å². The SMILES string of the molecule is CC(=O)OC1CCC2(C)C3CCC4(C)CCCC4C3C[C@H](O)[C@H]2C1. The van der Waals surface area contributed by atoms with Crippen LogP contribution in [-0.2, 0) is 9.53 Å². The number of carbonyl (C=O) groups is 1. The van der Waals surface area contributed by atoms with Crippen LogP contribution >= 0.6 is 0 Å². The van der Waals surface area contributed by atoms with Gasteiger partial charge in [0.25, 0.3) is 0 Å². The molecular formula is C21H34O3. The van der Waals surface area contributed by atoms with Crippen LogP contribution < -0.4 is 0 Å². The van der Waals surface area contributed by atoms with Crippen molar-refractivity contribution in [2.75, 3.05) is 0 Å². The van der Waals surface area contributed by atoms with Gasteiger partial charge in [-0.05, 0) is 85.9 Å². The summed E-state index contributed by atoms with van der Waals surface area (Å²) in [7, 11) is 0. The monoisotopic (exact) mass is 334 g/mol. The Morgan fingerprint density at radius 3 is 2.54 bits per heavy atom. The van der Waals surface area contributed by atoms with Crippen LogP contribution in [0, 0.1) is 34.5 Å². The second kappa shape index (κ2) is 5.72. The first kappa shape index (κ1) is 16.9. The topological polar surface area (TPSA) is 46.5 Å². The van der Waals surface area contributed by atoms with Crippen LogP contribution in [-0.4, -0.2) is 23.3 Å². The Labute approximate surface area is 146 Å². The first-order valence-corrected chi connectivity index (χ1v) is 10.2. The number of aliphatic hydroxyl groups is 1. The third kappa shape index (κ3) is 2.45. The molecule has 0 heterocycles. The zero-order chi connectivity index (χ0) is 17.1. The van der Waals surface area contributed by atoms with Crippen molar-refractivity contribution < 1.29 is 14.6 Å². The van der Waals surface area contributed by atoms with Crippen molar-refractivity contribution in [1.29, 1.82) is 0 Å². The van der Waals surface area contributed by atoms with Crippen molar-refractivity contribution >= 4 is 5.97 Å². The van der Waals surface area contributed by atoms with Crippen LogP contribution in [0.1, 0.15) is 78.6 Å². The lowest BCUT2D eigenvalue weighted by molar-refractivity contribution is -0.179. The van der Waals surface area contributed by atoms with Gasteiger partial charge in [-0.2, -0.15) is 0 Å². The van der Waals surface area contributed by atoms with E-state index in [1.54, 1.807) is 0 Å². The summed E-state index contributed by atoms with van der Waals surface area (Å²) in [5, 5.41) is 11.0. The van der Waals surface area contributed by atoms with E-state index >= 15 is 0 Å². The minimum atomic E-state index is -0.211. The van der Waals surface area contributed by atoms with E-state index in [1.165, 1.54) is 39.0 Å². The molecule has 4 rings (SSSR count). The van der Waals surface area contributed by atoms with Gasteiger partial charge in [0.15, 0.2) is 0 Å². The molecule has 3 heteroatoms. The molecule has 6 unspecified atom stereocenters. The molecule has 4 fully saturated rings. The molecule has 0 aliphatic heterocycles. The van der Waals surface area contributed by atoms with E-state index < -0.39 is 0 Å². The van der Waals surface area contributed by atoms with Gasteiger partial charge in [-0.1, -0.05) is 20.3 Å².